The number of aromatic nitrogens is 8. The van der Waals surface area contributed by atoms with Crippen molar-refractivity contribution in [2.45, 2.75) is 74.9 Å². The van der Waals surface area contributed by atoms with Crippen molar-refractivity contribution in [3.8, 4) is 22.3 Å². The maximum Gasteiger partial charge on any atom is 0.369 e. The lowest BCUT2D eigenvalue weighted by atomic mass is 9.56. The highest BCUT2D eigenvalue weighted by atomic mass is 16.3. The number of nitrogen functional groups attached to an aromatic ring is 2. The van der Waals surface area contributed by atoms with Crippen LogP contribution in [-0.2, 0) is 27.0 Å². The molecule has 3 aliphatic rings. The molecule has 0 saturated heterocycles. The Morgan fingerprint density at radius 1 is 0.809 bits per heavy atom. The van der Waals surface area contributed by atoms with Gasteiger partial charge in [0.2, 0.25) is 23.7 Å². The van der Waals surface area contributed by atoms with Crippen LogP contribution in [0.5, 0.6) is 0 Å². The van der Waals surface area contributed by atoms with Gasteiger partial charge >= 0.3 is 5.90 Å². The molecule has 3 amide bonds. The number of hydrogen-bond donors (Lipinski definition) is 6. The highest BCUT2D eigenvalue weighted by Crippen LogP contribution is 2.57. The van der Waals surface area contributed by atoms with Gasteiger partial charge in [-0.2, -0.15) is 10.2 Å². The molecule has 4 aromatic heterocycles. The van der Waals surface area contributed by atoms with Crippen LogP contribution in [0.25, 0.3) is 22.3 Å². The summed E-state index contributed by atoms with van der Waals surface area (Å²) in [5.41, 5.74) is 15.8. The minimum absolute atomic E-state index is 0.0542. The molecule has 20 nitrogen and oxygen atoms in total. The Morgan fingerprint density at radius 3 is 1.91 bits per heavy atom. The lowest BCUT2D eigenvalue weighted by Crippen LogP contribution is -2.55. The normalized spacial score (nSPS) is 20.8. The topological polar surface area (TPSA) is 301 Å². The molecule has 0 radical (unpaired) electrons. The molecule has 6 aromatic rings. The largest absolute Gasteiger partial charge is 0.578 e. The second-order valence-electron chi connectivity index (χ2n) is 18.3. The average Bonchev–Trinajstić information content (AvgIpc) is 3.61. The Kier molecular flexibility index (Phi) is 11.9. The first-order chi connectivity index (χ1) is 32.6. The zero-order valence-electron chi connectivity index (χ0n) is 37.8. The Hall–Kier alpha value is -8.16. The molecule has 0 bridgehead atoms. The first kappa shape index (κ1) is 45.0. The Bertz CT molecular complexity index is 2910. The van der Waals surface area contributed by atoms with Crippen LogP contribution in [0.2, 0.25) is 0 Å². The maximum absolute atomic E-state index is 13.6. The zero-order valence-corrected chi connectivity index (χ0v) is 37.8. The number of anilines is 2. The quantitative estimate of drug-likeness (QED) is 0.0521. The lowest BCUT2D eigenvalue weighted by Gasteiger charge is -2.49. The number of hydrogen-bond acceptors (Lipinski definition) is 13. The van der Waals surface area contributed by atoms with E-state index in [9.17, 15) is 19.8 Å². The summed E-state index contributed by atoms with van der Waals surface area (Å²) in [7, 11) is 3.31. The molecule has 0 spiro atoms. The number of nitrogens with zero attached hydrogens (tertiary/aromatic N) is 10. The van der Waals surface area contributed by atoms with Crippen molar-refractivity contribution < 1.29 is 19.5 Å². The summed E-state index contributed by atoms with van der Waals surface area (Å²) in [6.07, 6.45) is 17.0. The summed E-state index contributed by atoms with van der Waals surface area (Å²) in [4.78, 5) is 61.7. The first-order valence-electron chi connectivity index (χ1n) is 22.4. The molecule has 3 aliphatic carbocycles. The fourth-order valence-corrected chi connectivity index (χ4v) is 9.47. The second-order valence-corrected chi connectivity index (χ2v) is 18.3. The Balaban J connectivity index is 0.822. The van der Waals surface area contributed by atoms with Crippen LogP contribution in [0, 0.1) is 22.7 Å². The summed E-state index contributed by atoms with van der Waals surface area (Å²) >= 11 is 0. The maximum atomic E-state index is 13.6. The van der Waals surface area contributed by atoms with Gasteiger partial charge in [-0.25, -0.2) is 19.9 Å². The third kappa shape index (κ3) is 8.79. The van der Waals surface area contributed by atoms with Gasteiger partial charge in [-0.15, -0.1) is 4.99 Å². The van der Waals surface area contributed by atoms with Gasteiger partial charge < -0.3 is 32.1 Å². The summed E-state index contributed by atoms with van der Waals surface area (Å²) in [6, 6.07) is 15.0. The fraction of sp³-hybridized carbons (Fsp3) is 0.333. The SMILES string of the molecule is CC(C(=O)N(C)C)n1cc(C(=O)NC(=N)C2(c3ccc(-c4cnc(N)nc4)cc3)CC(C3CC3NC(=O)Cn3cc(C([OH2+])=NC(=N)C4(c5ccc(-c6cnc(N)nc6)cc5)CCC4)cn3)C2)cn1. The number of aliphatic imine (C=N–C) groups is 1. The van der Waals surface area contributed by atoms with E-state index >= 15 is 0 Å². The van der Waals surface area contributed by atoms with Crippen molar-refractivity contribution in [2.24, 2.45) is 16.8 Å². The predicted octanol–water partition coefficient (Wildman–Crippen LogP) is 3.64. The van der Waals surface area contributed by atoms with E-state index in [1.807, 2.05) is 48.5 Å². The monoisotopic (exact) mass is 917 g/mol. The standard InChI is InChI=1S/C48H52N16O4/c1-27(42(68)62(2)3)64-25-34(23-58-64)41(67)61-44(50)48(36-11-7-29(8-12-36)32-20-55-46(52)56-21-32)16-30(17-48)37-15-38(37)59-39(65)26-63-24-33(22-57-63)40(66)60-43(49)47(13-4-14-47)35-9-5-28(6-10-35)31-18-53-45(51)54-19-31/h5-12,18-25,27,30,37-38H,4,13-17,26H2,1-3H3,(H,59,65)(H2,49,60,66)(H2,50,61,67)(H2,51,53,54)(H2,52,55,56)/p+1. The highest BCUT2D eigenvalue weighted by molar-refractivity contribution is 6.09. The number of rotatable bonds is 14. The Labute approximate surface area is 391 Å². The third-order valence-electron chi connectivity index (χ3n) is 13.8. The van der Waals surface area contributed by atoms with Crippen LogP contribution < -0.4 is 22.1 Å². The van der Waals surface area contributed by atoms with E-state index in [1.165, 1.54) is 32.9 Å². The molecule has 10 N–H and O–H groups in total. The van der Waals surface area contributed by atoms with E-state index < -0.39 is 22.8 Å². The zero-order chi connectivity index (χ0) is 47.9. The second kappa shape index (κ2) is 17.9. The van der Waals surface area contributed by atoms with Crippen molar-refractivity contribution in [2.75, 3.05) is 25.6 Å². The van der Waals surface area contributed by atoms with Crippen molar-refractivity contribution in [3.63, 3.8) is 0 Å². The smallest absolute Gasteiger partial charge is 0.369 e. The molecule has 20 heteroatoms. The molecule has 3 atom stereocenters. The van der Waals surface area contributed by atoms with Gasteiger partial charge in [-0.3, -0.25) is 34.6 Å². The number of carbonyl (C=O) groups is 3. The first-order valence-corrected chi connectivity index (χ1v) is 22.4. The van der Waals surface area contributed by atoms with Gasteiger partial charge in [0.05, 0.1) is 28.8 Å². The van der Waals surface area contributed by atoms with Crippen molar-refractivity contribution in [1.29, 1.82) is 10.8 Å². The van der Waals surface area contributed by atoms with E-state index in [-0.39, 0.29) is 71.3 Å². The highest BCUT2D eigenvalue weighted by Gasteiger charge is 2.57. The molecular formula is C48H53N16O4+. The van der Waals surface area contributed by atoms with Gasteiger partial charge in [0.1, 0.15) is 29.8 Å². The van der Waals surface area contributed by atoms with Gasteiger partial charge in [0.25, 0.3) is 5.91 Å². The molecule has 3 saturated carbocycles. The summed E-state index contributed by atoms with van der Waals surface area (Å²) in [5, 5.41) is 41.6. The molecule has 68 heavy (non-hydrogen) atoms. The van der Waals surface area contributed by atoms with E-state index in [4.69, 9.17) is 22.0 Å². The number of amides is 3. The van der Waals surface area contributed by atoms with Crippen molar-refractivity contribution in [1.82, 2.24) is 55.0 Å². The fourth-order valence-electron chi connectivity index (χ4n) is 9.47. The summed E-state index contributed by atoms with van der Waals surface area (Å²) in [5.74, 6) is -0.0837. The van der Waals surface area contributed by atoms with Crippen LogP contribution in [-0.4, -0.2) is 105 Å². The predicted molar refractivity (Wildman–Crippen MR) is 255 cm³/mol. The van der Waals surface area contributed by atoms with Crippen LogP contribution in [0.15, 0.2) is 103 Å². The molecule has 9 rings (SSSR count). The summed E-state index contributed by atoms with van der Waals surface area (Å²) < 4.78 is 2.90. The van der Waals surface area contributed by atoms with Crippen LogP contribution in [0.4, 0.5) is 11.9 Å². The number of nitrogens with one attached hydrogen (secondary N) is 4. The van der Waals surface area contributed by atoms with Gasteiger partial charge in [-0.05, 0) is 73.1 Å². The van der Waals surface area contributed by atoms with E-state index in [1.54, 1.807) is 52.0 Å². The molecule has 3 unspecified atom stereocenters. The van der Waals surface area contributed by atoms with E-state index in [0.717, 1.165) is 59.1 Å². The van der Waals surface area contributed by atoms with Crippen LogP contribution in [0.1, 0.15) is 78.5 Å². The summed E-state index contributed by atoms with van der Waals surface area (Å²) in [6.45, 7) is 1.65. The number of amidine groups is 2. The molecule has 0 aliphatic heterocycles. The van der Waals surface area contributed by atoms with Crippen molar-refractivity contribution in [3.05, 3.63) is 120 Å². The molecule has 348 valence electrons. The minimum atomic E-state index is -0.800. The van der Waals surface area contributed by atoms with Gasteiger partial charge in [0.15, 0.2) is 0 Å². The minimum Gasteiger partial charge on any atom is -0.578 e. The van der Waals surface area contributed by atoms with Crippen LogP contribution >= 0.6 is 0 Å². The van der Waals surface area contributed by atoms with E-state index in [2.05, 4.69) is 45.8 Å². The molecule has 4 heterocycles. The van der Waals surface area contributed by atoms with Crippen LogP contribution in [0.3, 0.4) is 0 Å². The number of nitrogens with two attached hydrogens (primary N) is 2. The number of benzene rings is 2. The molecule has 3 fully saturated rings. The third-order valence-corrected chi connectivity index (χ3v) is 13.8. The van der Waals surface area contributed by atoms with E-state index in [0.29, 0.717) is 18.4 Å². The molecular weight excluding hydrogens is 865 g/mol. The van der Waals surface area contributed by atoms with Gasteiger partial charge in [0, 0.05) is 68.4 Å². The average molecular weight is 918 g/mol. The Morgan fingerprint density at radius 2 is 1.37 bits per heavy atom. The molecule has 2 aromatic carbocycles. The number of likely N-dealkylation sites (N-methyl/N-ethyl adjacent to an activating group) is 1. The van der Waals surface area contributed by atoms with Gasteiger partial charge in [-0.1, -0.05) is 55.0 Å². The van der Waals surface area contributed by atoms with Crippen molar-refractivity contribution >= 4 is 47.2 Å². The lowest BCUT2D eigenvalue weighted by molar-refractivity contribution is -0.132. The number of carbonyl (C=O) groups excluding carboxylic acids is 3.